The molecule has 0 heterocycles. The minimum atomic E-state index is -0.433. The average molecular weight is 287 g/mol. The third-order valence-electron chi connectivity index (χ3n) is 2.22. The van der Waals surface area contributed by atoms with Crippen molar-refractivity contribution in [3.05, 3.63) is 35.9 Å². The Morgan fingerprint density at radius 2 is 1.58 bits per heavy atom. The van der Waals surface area contributed by atoms with Crippen LogP contribution in [0.2, 0.25) is 0 Å². The lowest BCUT2D eigenvalue weighted by Crippen LogP contribution is -2.11. The molecule has 0 radical (unpaired) electrons. The summed E-state index contributed by atoms with van der Waals surface area (Å²) in [6, 6.07) is 9.05. The van der Waals surface area contributed by atoms with E-state index in [0.717, 1.165) is 13.2 Å². The highest BCUT2D eigenvalue weighted by atomic mass is 35.5. The first kappa shape index (κ1) is 18.1. The van der Waals surface area contributed by atoms with E-state index < -0.39 is 5.38 Å². The first-order valence-electron chi connectivity index (χ1n) is 6.49. The van der Waals surface area contributed by atoms with Crippen LogP contribution in [0, 0.1) is 0 Å². The summed E-state index contributed by atoms with van der Waals surface area (Å²) in [4.78, 5) is 11.2. The number of carbonyl (C=O) groups excluding carboxylic acids is 1. The molecule has 1 aromatic carbocycles. The topological polar surface area (TPSA) is 35.5 Å². The summed E-state index contributed by atoms with van der Waals surface area (Å²) in [5.41, 5.74) is 0.676. The largest absolute Gasteiger partial charge is 0.353 e. The minimum absolute atomic E-state index is 0.0210. The highest BCUT2D eigenvalue weighted by Crippen LogP contribution is 2.06. The normalized spacial score (nSPS) is 11.7. The molecule has 4 heteroatoms. The second kappa shape index (κ2) is 11.0. The van der Waals surface area contributed by atoms with E-state index in [0.29, 0.717) is 5.56 Å². The molecule has 1 atom stereocenters. The van der Waals surface area contributed by atoms with Crippen molar-refractivity contribution in [2.24, 2.45) is 0 Å². The fraction of sp³-hybridized carbons (Fsp3) is 0.533. The number of rotatable bonds is 6. The predicted molar refractivity (Wildman–Crippen MR) is 78.8 cm³/mol. The minimum Gasteiger partial charge on any atom is -0.353 e. The number of benzene rings is 1. The maximum atomic E-state index is 11.2. The van der Waals surface area contributed by atoms with Gasteiger partial charge in [-0.15, -0.1) is 11.6 Å². The molecule has 19 heavy (non-hydrogen) atoms. The standard InChI is InChI=1S/C9H9ClO.C6H14O2/c1-7(10)9(11)8-5-3-2-4-6-8;1-4-7-6(3)8-5-2/h2-7H,1H3;6H,4-5H2,1-3H3. The number of halogens is 1. The lowest BCUT2D eigenvalue weighted by atomic mass is 10.1. The Labute approximate surface area is 120 Å². The quantitative estimate of drug-likeness (QED) is 0.452. The third-order valence-corrected chi connectivity index (χ3v) is 2.42. The Kier molecular flexibility index (Phi) is 10.5. The second-order valence-corrected chi connectivity index (χ2v) is 4.48. The average Bonchev–Trinajstić information content (AvgIpc) is 2.40. The summed E-state index contributed by atoms with van der Waals surface area (Å²) >= 11 is 5.61. The molecule has 0 aliphatic heterocycles. The van der Waals surface area contributed by atoms with Gasteiger partial charge in [0.1, 0.15) is 0 Å². The van der Waals surface area contributed by atoms with Gasteiger partial charge < -0.3 is 9.47 Å². The van der Waals surface area contributed by atoms with Crippen molar-refractivity contribution in [3.63, 3.8) is 0 Å². The molecule has 0 amide bonds. The molecular weight excluding hydrogens is 264 g/mol. The third kappa shape index (κ3) is 8.76. The van der Waals surface area contributed by atoms with E-state index in [1.807, 2.05) is 39.0 Å². The van der Waals surface area contributed by atoms with E-state index in [1.54, 1.807) is 19.1 Å². The molecule has 0 aliphatic carbocycles. The summed E-state index contributed by atoms with van der Waals surface area (Å²) in [5, 5.41) is -0.433. The summed E-state index contributed by atoms with van der Waals surface area (Å²) in [5.74, 6) is -0.0210. The Hall–Kier alpha value is -0.900. The van der Waals surface area contributed by atoms with Gasteiger partial charge in [0, 0.05) is 18.8 Å². The van der Waals surface area contributed by atoms with E-state index in [9.17, 15) is 4.79 Å². The summed E-state index contributed by atoms with van der Waals surface area (Å²) in [6.07, 6.45) is -0.0370. The van der Waals surface area contributed by atoms with Gasteiger partial charge >= 0.3 is 0 Å². The van der Waals surface area contributed by atoms with E-state index in [1.165, 1.54) is 0 Å². The molecule has 0 spiro atoms. The van der Waals surface area contributed by atoms with Crippen LogP contribution >= 0.6 is 11.6 Å². The maximum Gasteiger partial charge on any atom is 0.180 e. The van der Waals surface area contributed by atoms with Gasteiger partial charge in [0.05, 0.1) is 5.38 Å². The Balaban J connectivity index is 0.000000362. The number of carbonyl (C=O) groups is 1. The molecule has 0 fully saturated rings. The van der Waals surface area contributed by atoms with Crippen LogP contribution in [0.25, 0.3) is 0 Å². The van der Waals surface area contributed by atoms with Crippen molar-refractivity contribution < 1.29 is 14.3 Å². The van der Waals surface area contributed by atoms with Crippen LogP contribution in [0.15, 0.2) is 30.3 Å². The number of hydrogen-bond acceptors (Lipinski definition) is 3. The van der Waals surface area contributed by atoms with Gasteiger partial charge in [-0.05, 0) is 27.7 Å². The Morgan fingerprint density at radius 3 is 1.95 bits per heavy atom. The second-order valence-electron chi connectivity index (χ2n) is 3.82. The van der Waals surface area contributed by atoms with Crippen LogP contribution in [0.3, 0.4) is 0 Å². The van der Waals surface area contributed by atoms with Crippen LogP contribution in [0.4, 0.5) is 0 Å². The van der Waals surface area contributed by atoms with Crippen molar-refractivity contribution in [3.8, 4) is 0 Å². The molecule has 0 bridgehead atoms. The van der Waals surface area contributed by atoms with E-state index in [2.05, 4.69) is 0 Å². The Morgan fingerprint density at radius 1 is 1.11 bits per heavy atom. The SMILES string of the molecule is CC(Cl)C(=O)c1ccccc1.CCOC(C)OCC. The maximum absolute atomic E-state index is 11.2. The molecule has 0 saturated carbocycles. The molecule has 1 unspecified atom stereocenters. The molecular formula is C15H23ClO3. The number of hydrogen-bond donors (Lipinski definition) is 0. The zero-order chi connectivity index (χ0) is 14.7. The van der Waals surface area contributed by atoms with Crippen molar-refractivity contribution in [2.45, 2.75) is 39.4 Å². The molecule has 0 aromatic heterocycles. The number of Topliss-reactive ketones (excluding diaryl/α,β-unsaturated/α-hetero) is 1. The monoisotopic (exact) mass is 286 g/mol. The first-order chi connectivity index (χ1) is 9.02. The molecule has 0 saturated heterocycles. The van der Waals surface area contributed by atoms with E-state index in [-0.39, 0.29) is 12.1 Å². The van der Waals surface area contributed by atoms with Gasteiger partial charge in [0.25, 0.3) is 0 Å². The van der Waals surface area contributed by atoms with Gasteiger partial charge in [-0.1, -0.05) is 30.3 Å². The van der Waals surface area contributed by atoms with E-state index in [4.69, 9.17) is 21.1 Å². The molecule has 3 nitrogen and oxygen atoms in total. The number of ketones is 1. The van der Waals surface area contributed by atoms with Gasteiger partial charge in [-0.3, -0.25) is 4.79 Å². The number of alkyl halides is 1. The lowest BCUT2D eigenvalue weighted by molar-refractivity contribution is -0.123. The first-order valence-corrected chi connectivity index (χ1v) is 6.93. The van der Waals surface area contributed by atoms with Crippen LogP contribution in [-0.4, -0.2) is 30.7 Å². The zero-order valence-corrected chi connectivity index (χ0v) is 12.8. The van der Waals surface area contributed by atoms with Gasteiger partial charge in [0.2, 0.25) is 0 Å². The smallest absolute Gasteiger partial charge is 0.180 e. The predicted octanol–water partition coefficient (Wildman–Crippen LogP) is 3.90. The van der Waals surface area contributed by atoms with Crippen molar-refractivity contribution in [2.75, 3.05) is 13.2 Å². The molecule has 0 N–H and O–H groups in total. The fourth-order valence-electron chi connectivity index (χ4n) is 1.35. The van der Waals surface area contributed by atoms with Crippen LogP contribution in [-0.2, 0) is 9.47 Å². The van der Waals surface area contributed by atoms with Crippen molar-refractivity contribution >= 4 is 17.4 Å². The molecule has 1 aromatic rings. The fourth-order valence-corrected chi connectivity index (χ4v) is 1.48. The molecule has 1 rings (SSSR count). The summed E-state index contributed by atoms with van der Waals surface area (Å²) in [7, 11) is 0. The van der Waals surface area contributed by atoms with Crippen molar-refractivity contribution in [1.29, 1.82) is 0 Å². The van der Waals surface area contributed by atoms with Gasteiger partial charge in [-0.25, -0.2) is 0 Å². The highest BCUT2D eigenvalue weighted by Gasteiger charge is 2.10. The number of ether oxygens (including phenoxy) is 2. The lowest BCUT2D eigenvalue weighted by Gasteiger charge is -2.09. The van der Waals surface area contributed by atoms with Gasteiger partial charge in [0.15, 0.2) is 12.1 Å². The van der Waals surface area contributed by atoms with Gasteiger partial charge in [-0.2, -0.15) is 0 Å². The van der Waals surface area contributed by atoms with Crippen LogP contribution in [0.5, 0.6) is 0 Å². The van der Waals surface area contributed by atoms with Crippen molar-refractivity contribution in [1.82, 2.24) is 0 Å². The van der Waals surface area contributed by atoms with E-state index >= 15 is 0 Å². The summed E-state index contributed by atoms with van der Waals surface area (Å²) < 4.78 is 10.1. The molecule has 108 valence electrons. The Bertz CT molecular complexity index is 333. The molecule has 0 aliphatic rings. The van der Waals surface area contributed by atoms with Crippen LogP contribution < -0.4 is 0 Å². The highest BCUT2D eigenvalue weighted by molar-refractivity contribution is 6.33. The van der Waals surface area contributed by atoms with Crippen LogP contribution in [0.1, 0.15) is 38.1 Å². The zero-order valence-electron chi connectivity index (χ0n) is 12.1. The summed E-state index contributed by atoms with van der Waals surface area (Å²) in [6.45, 7) is 8.93.